The fraction of sp³-hybridized carbons (Fsp3) is 0.200. The van der Waals surface area contributed by atoms with Crippen LogP contribution in [0.3, 0.4) is 0 Å². The third-order valence-electron chi connectivity index (χ3n) is 1.68. The molecule has 0 radical (unpaired) electrons. The van der Waals surface area contributed by atoms with Crippen LogP contribution in [0.5, 0.6) is 0 Å². The second kappa shape index (κ2) is 4.41. The van der Waals surface area contributed by atoms with Crippen molar-refractivity contribution < 1.29 is 9.53 Å². The van der Waals surface area contributed by atoms with Crippen LogP contribution in [0.25, 0.3) is 6.08 Å². The van der Waals surface area contributed by atoms with E-state index in [9.17, 15) is 9.59 Å². The van der Waals surface area contributed by atoms with Crippen molar-refractivity contribution in [3.63, 3.8) is 0 Å². The Balaban J connectivity index is 2.97. The normalized spacial score (nSPS) is 10.4. The summed E-state index contributed by atoms with van der Waals surface area (Å²) in [7, 11) is 1.28. The van der Waals surface area contributed by atoms with Gasteiger partial charge in [0.15, 0.2) is 0 Å². The van der Waals surface area contributed by atoms with E-state index in [0.717, 1.165) is 5.56 Å². The van der Waals surface area contributed by atoms with Crippen LogP contribution in [0.1, 0.15) is 11.1 Å². The molecule has 0 aliphatic rings. The second-order valence-corrected chi connectivity index (χ2v) is 2.82. The largest absolute Gasteiger partial charge is 0.466 e. The first kappa shape index (κ1) is 10.2. The number of H-pyrrole nitrogens is 1. The minimum Gasteiger partial charge on any atom is -0.466 e. The predicted molar refractivity (Wildman–Crippen MR) is 52.8 cm³/mol. The molecule has 0 aromatic carbocycles. The molecule has 4 nitrogen and oxygen atoms in total. The lowest BCUT2D eigenvalue weighted by Gasteiger charge is -1.94. The van der Waals surface area contributed by atoms with E-state index >= 15 is 0 Å². The Bertz CT molecular complexity index is 418. The molecule has 4 heteroatoms. The highest BCUT2D eigenvalue weighted by atomic mass is 16.5. The third-order valence-corrected chi connectivity index (χ3v) is 1.68. The van der Waals surface area contributed by atoms with Gasteiger partial charge in [0.05, 0.1) is 7.11 Å². The van der Waals surface area contributed by atoms with Crippen molar-refractivity contribution >= 4 is 12.0 Å². The van der Waals surface area contributed by atoms with Crippen LogP contribution in [0.2, 0.25) is 0 Å². The fourth-order valence-corrected chi connectivity index (χ4v) is 0.965. The van der Waals surface area contributed by atoms with Gasteiger partial charge >= 0.3 is 5.97 Å². The molecule has 0 aliphatic carbocycles. The number of nitrogens with one attached hydrogen (secondary N) is 1. The standard InChI is InChI=1S/C10H11NO3/c1-7-5-8(10(13)11-6-7)3-4-9(12)14-2/h3-6H,1-2H3,(H,11,13). The minimum atomic E-state index is -0.481. The van der Waals surface area contributed by atoms with Crippen LogP contribution in [-0.2, 0) is 9.53 Å². The molecule has 1 aromatic heterocycles. The maximum atomic E-state index is 11.2. The highest BCUT2D eigenvalue weighted by Crippen LogP contribution is 1.98. The summed E-state index contributed by atoms with van der Waals surface area (Å²) in [5.41, 5.74) is 1.14. The van der Waals surface area contributed by atoms with Gasteiger partial charge < -0.3 is 9.72 Å². The van der Waals surface area contributed by atoms with Crippen LogP contribution < -0.4 is 5.56 Å². The summed E-state index contributed by atoms with van der Waals surface area (Å²) in [5, 5.41) is 0. The predicted octanol–water partition coefficient (Wildman–Crippen LogP) is 0.870. The van der Waals surface area contributed by atoms with Gasteiger partial charge in [0.1, 0.15) is 0 Å². The molecule has 0 saturated heterocycles. The highest BCUT2D eigenvalue weighted by Gasteiger charge is 1.96. The number of rotatable bonds is 2. The number of pyridine rings is 1. The van der Waals surface area contributed by atoms with Gasteiger partial charge in [-0.3, -0.25) is 4.79 Å². The number of ether oxygens (including phenoxy) is 1. The highest BCUT2D eigenvalue weighted by molar-refractivity contribution is 5.86. The van der Waals surface area contributed by atoms with E-state index < -0.39 is 5.97 Å². The molecule has 1 N–H and O–H groups in total. The zero-order valence-electron chi connectivity index (χ0n) is 8.03. The zero-order valence-corrected chi connectivity index (χ0v) is 8.03. The average molecular weight is 193 g/mol. The number of hydrogen-bond donors (Lipinski definition) is 1. The first-order valence-corrected chi connectivity index (χ1v) is 4.09. The average Bonchev–Trinajstić information content (AvgIpc) is 2.19. The third kappa shape index (κ3) is 2.58. The van der Waals surface area contributed by atoms with E-state index in [1.54, 1.807) is 12.3 Å². The number of esters is 1. The molecule has 1 rings (SSSR count). The van der Waals surface area contributed by atoms with Gasteiger partial charge in [-0.25, -0.2) is 4.79 Å². The maximum Gasteiger partial charge on any atom is 0.330 e. The van der Waals surface area contributed by atoms with Crippen LogP contribution >= 0.6 is 0 Å². The van der Waals surface area contributed by atoms with Crippen molar-refractivity contribution in [2.24, 2.45) is 0 Å². The van der Waals surface area contributed by atoms with Gasteiger partial charge in [-0.05, 0) is 24.6 Å². The van der Waals surface area contributed by atoms with Gasteiger partial charge in [-0.15, -0.1) is 0 Å². The molecule has 0 fully saturated rings. The molecule has 0 amide bonds. The molecule has 0 aliphatic heterocycles. The molecule has 74 valence electrons. The number of hydrogen-bond acceptors (Lipinski definition) is 3. The molecule has 0 unspecified atom stereocenters. The second-order valence-electron chi connectivity index (χ2n) is 2.82. The quantitative estimate of drug-likeness (QED) is 0.560. The molecule has 0 atom stereocenters. The van der Waals surface area contributed by atoms with Crippen molar-refractivity contribution in [3.05, 3.63) is 39.8 Å². The maximum absolute atomic E-state index is 11.2. The van der Waals surface area contributed by atoms with Crippen LogP contribution in [-0.4, -0.2) is 18.1 Å². The fourth-order valence-electron chi connectivity index (χ4n) is 0.965. The summed E-state index contributed by atoms with van der Waals surface area (Å²) in [6.07, 6.45) is 4.25. The molecule has 1 aromatic rings. The Morgan fingerprint density at radius 1 is 1.57 bits per heavy atom. The molecule has 0 saturated carbocycles. The van der Waals surface area contributed by atoms with Gasteiger partial charge in [-0.1, -0.05) is 0 Å². The van der Waals surface area contributed by atoms with Gasteiger partial charge in [-0.2, -0.15) is 0 Å². The van der Waals surface area contributed by atoms with E-state index in [2.05, 4.69) is 9.72 Å². The Morgan fingerprint density at radius 2 is 2.29 bits per heavy atom. The van der Waals surface area contributed by atoms with Crippen molar-refractivity contribution in [1.29, 1.82) is 0 Å². The van der Waals surface area contributed by atoms with Crippen LogP contribution in [0.4, 0.5) is 0 Å². The number of methoxy groups -OCH3 is 1. The molecular formula is C10H11NO3. The summed E-state index contributed by atoms with van der Waals surface area (Å²) in [6, 6.07) is 1.69. The lowest BCUT2D eigenvalue weighted by Crippen LogP contribution is -2.08. The molecule has 0 bridgehead atoms. The molecular weight excluding hydrogens is 182 g/mol. The summed E-state index contributed by atoms with van der Waals surface area (Å²) >= 11 is 0. The molecule has 14 heavy (non-hydrogen) atoms. The van der Waals surface area contributed by atoms with Crippen molar-refractivity contribution in [1.82, 2.24) is 4.98 Å². The van der Waals surface area contributed by atoms with E-state index in [1.165, 1.54) is 19.3 Å². The molecule has 1 heterocycles. The Hall–Kier alpha value is -1.84. The number of carbonyl (C=O) groups excluding carboxylic acids is 1. The monoisotopic (exact) mass is 193 g/mol. The lowest BCUT2D eigenvalue weighted by molar-refractivity contribution is -0.134. The van der Waals surface area contributed by atoms with Crippen LogP contribution in [0, 0.1) is 6.92 Å². The SMILES string of the molecule is COC(=O)C=Cc1cc(C)c[nH]c1=O. The van der Waals surface area contributed by atoms with Crippen molar-refractivity contribution in [3.8, 4) is 0 Å². The topological polar surface area (TPSA) is 59.2 Å². The first-order chi connectivity index (χ1) is 6.63. The first-order valence-electron chi connectivity index (χ1n) is 4.09. The van der Waals surface area contributed by atoms with Gasteiger partial charge in [0, 0.05) is 17.8 Å². The van der Waals surface area contributed by atoms with E-state index in [-0.39, 0.29) is 5.56 Å². The zero-order chi connectivity index (χ0) is 10.6. The van der Waals surface area contributed by atoms with E-state index in [0.29, 0.717) is 5.56 Å². The number of aryl methyl sites for hydroxylation is 1. The summed E-state index contributed by atoms with van der Waals surface area (Å²) < 4.78 is 4.40. The van der Waals surface area contributed by atoms with Gasteiger partial charge in [0.2, 0.25) is 0 Å². The Morgan fingerprint density at radius 3 is 2.93 bits per heavy atom. The van der Waals surface area contributed by atoms with E-state index in [4.69, 9.17) is 0 Å². The smallest absolute Gasteiger partial charge is 0.330 e. The Labute approximate surface area is 81.2 Å². The summed E-state index contributed by atoms with van der Waals surface area (Å²) in [5.74, 6) is -0.481. The number of carbonyl (C=O) groups is 1. The summed E-state index contributed by atoms with van der Waals surface area (Å²) in [4.78, 5) is 24.5. The Kier molecular flexibility index (Phi) is 3.23. The number of aromatic nitrogens is 1. The van der Waals surface area contributed by atoms with E-state index in [1.807, 2.05) is 6.92 Å². The van der Waals surface area contributed by atoms with Crippen LogP contribution in [0.15, 0.2) is 23.1 Å². The summed E-state index contributed by atoms with van der Waals surface area (Å²) in [6.45, 7) is 1.85. The number of aromatic amines is 1. The van der Waals surface area contributed by atoms with Gasteiger partial charge in [0.25, 0.3) is 5.56 Å². The van der Waals surface area contributed by atoms with Crippen molar-refractivity contribution in [2.45, 2.75) is 6.92 Å². The minimum absolute atomic E-state index is 0.226. The lowest BCUT2D eigenvalue weighted by atomic mass is 10.2. The van der Waals surface area contributed by atoms with Crippen molar-refractivity contribution in [2.75, 3.05) is 7.11 Å². The molecule has 0 spiro atoms.